The van der Waals surface area contributed by atoms with Crippen LogP contribution in [0.15, 0.2) is 30.3 Å². The number of aromatic nitrogens is 2. The molecule has 1 N–H and O–H groups in total. The Morgan fingerprint density at radius 2 is 2.23 bits per heavy atom. The molecule has 0 spiro atoms. The summed E-state index contributed by atoms with van der Waals surface area (Å²) in [5.41, 5.74) is 2.58. The molecule has 0 radical (unpaired) electrons. The molecule has 4 rings (SSSR count). The molecule has 2 aromatic rings. The van der Waals surface area contributed by atoms with Gasteiger partial charge in [-0.05, 0) is 24.5 Å². The number of hydrogen-bond donors (Lipinski definition) is 1. The van der Waals surface area contributed by atoms with Gasteiger partial charge in [-0.1, -0.05) is 18.2 Å². The van der Waals surface area contributed by atoms with Crippen molar-refractivity contribution in [1.82, 2.24) is 14.7 Å². The third-order valence-corrected chi connectivity index (χ3v) is 4.98. The molecule has 1 atom stereocenters. The van der Waals surface area contributed by atoms with Gasteiger partial charge >= 0.3 is 0 Å². The van der Waals surface area contributed by atoms with Gasteiger partial charge < -0.3 is 15.0 Å². The second-order valence-corrected chi connectivity index (χ2v) is 6.86. The minimum Gasteiger partial charge on any atom is -0.381 e. The van der Waals surface area contributed by atoms with Crippen molar-refractivity contribution >= 4 is 17.6 Å². The summed E-state index contributed by atoms with van der Waals surface area (Å²) in [5, 5.41) is 7.38. The Kier molecular flexibility index (Phi) is 4.46. The van der Waals surface area contributed by atoms with Gasteiger partial charge in [-0.15, -0.1) is 0 Å². The average Bonchev–Trinajstić information content (AvgIpc) is 3.17. The van der Waals surface area contributed by atoms with E-state index in [0.717, 1.165) is 30.7 Å². The molecule has 1 saturated heterocycles. The van der Waals surface area contributed by atoms with Crippen LogP contribution in [0.2, 0.25) is 0 Å². The molecule has 0 saturated carbocycles. The maximum Gasteiger partial charge on any atom is 0.254 e. The predicted octanol–water partition coefficient (Wildman–Crippen LogP) is 1.91. The zero-order valence-corrected chi connectivity index (χ0v) is 14.8. The molecule has 2 amide bonds. The van der Waals surface area contributed by atoms with Gasteiger partial charge in [0.2, 0.25) is 5.91 Å². The van der Waals surface area contributed by atoms with Gasteiger partial charge in [-0.2, -0.15) is 5.10 Å². The Morgan fingerprint density at radius 3 is 3.00 bits per heavy atom. The molecule has 1 aromatic carbocycles. The highest BCUT2D eigenvalue weighted by atomic mass is 16.5. The number of rotatable bonds is 4. The maximum atomic E-state index is 12.4. The summed E-state index contributed by atoms with van der Waals surface area (Å²) in [6, 6.07) is 9.37. The van der Waals surface area contributed by atoms with E-state index in [9.17, 15) is 9.59 Å². The summed E-state index contributed by atoms with van der Waals surface area (Å²) in [4.78, 5) is 26.4. The normalized spacial score (nSPS) is 19.5. The molecule has 1 aromatic heterocycles. The molecule has 2 aliphatic heterocycles. The van der Waals surface area contributed by atoms with Gasteiger partial charge in [0, 0.05) is 37.7 Å². The Hall–Kier alpha value is -2.67. The molecule has 26 heavy (non-hydrogen) atoms. The number of aryl methyl sites for hydroxylation is 1. The number of fused-ring (bicyclic) bond motifs is 1. The number of anilines is 1. The van der Waals surface area contributed by atoms with Crippen LogP contribution >= 0.6 is 0 Å². The zero-order valence-electron chi connectivity index (χ0n) is 14.8. The first kappa shape index (κ1) is 16.8. The first-order valence-corrected chi connectivity index (χ1v) is 8.90. The number of nitrogens with one attached hydrogen (secondary N) is 1. The van der Waals surface area contributed by atoms with Crippen molar-refractivity contribution < 1.29 is 14.3 Å². The zero-order chi connectivity index (χ0) is 18.1. The SMILES string of the molecule is Cn1nc(C2CCCOC2)cc1NC(=O)CN1Cc2ccccc2C1=O. The summed E-state index contributed by atoms with van der Waals surface area (Å²) in [7, 11) is 1.81. The quantitative estimate of drug-likeness (QED) is 0.910. The van der Waals surface area contributed by atoms with Crippen molar-refractivity contribution in [2.75, 3.05) is 25.1 Å². The van der Waals surface area contributed by atoms with Crippen LogP contribution in [-0.4, -0.2) is 46.3 Å². The fourth-order valence-corrected chi connectivity index (χ4v) is 3.58. The topological polar surface area (TPSA) is 76.5 Å². The Labute approximate surface area is 151 Å². The molecule has 3 heterocycles. The molecule has 7 heteroatoms. The highest BCUT2D eigenvalue weighted by Gasteiger charge is 2.28. The van der Waals surface area contributed by atoms with E-state index in [-0.39, 0.29) is 24.3 Å². The number of carbonyl (C=O) groups excluding carboxylic acids is 2. The predicted molar refractivity (Wildman–Crippen MR) is 95.8 cm³/mol. The molecular formula is C19H22N4O3. The summed E-state index contributed by atoms with van der Waals surface area (Å²) in [6.07, 6.45) is 2.07. The Balaban J connectivity index is 1.40. The standard InChI is InChI=1S/C19H22N4O3/c1-22-17(9-16(21-22)14-6-4-8-26-12-14)20-18(24)11-23-10-13-5-2-3-7-15(13)19(23)25/h2-3,5,7,9,14H,4,6,8,10-12H2,1H3,(H,20,24). The van der Waals surface area contributed by atoms with Crippen molar-refractivity contribution in [1.29, 1.82) is 0 Å². The Morgan fingerprint density at radius 1 is 1.38 bits per heavy atom. The second-order valence-electron chi connectivity index (χ2n) is 6.86. The van der Waals surface area contributed by atoms with E-state index < -0.39 is 0 Å². The molecule has 136 valence electrons. The number of nitrogens with zero attached hydrogens (tertiary/aromatic N) is 3. The highest BCUT2D eigenvalue weighted by Crippen LogP contribution is 2.26. The average molecular weight is 354 g/mol. The molecule has 1 fully saturated rings. The number of benzene rings is 1. The number of ether oxygens (including phenoxy) is 1. The van der Waals surface area contributed by atoms with Crippen LogP contribution in [-0.2, 0) is 23.1 Å². The van der Waals surface area contributed by atoms with Crippen molar-refractivity contribution in [2.45, 2.75) is 25.3 Å². The van der Waals surface area contributed by atoms with Crippen molar-refractivity contribution in [3.8, 4) is 0 Å². The van der Waals surface area contributed by atoms with Gasteiger partial charge in [0.1, 0.15) is 12.4 Å². The number of hydrogen-bond acceptors (Lipinski definition) is 4. The summed E-state index contributed by atoms with van der Waals surface area (Å²) in [6.45, 7) is 1.98. The monoisotopic (exact) mass is 354 g/mol. The van der Waals surface area contributed by atoms with Crippen LogP contribution in [0.4, 0.5) is 5.82 Å². The van der Waals surface area contributed by atoms with Crippen LogP contribution in [0.1, 0.15) is 40.4 Å². The van der Waals surface area contributed by atoms with Gasteiger partial charge in [0.15, 0.2) is 0 Å². The van der Waals surface area contributed by atoms with E-state index in [1.54, 1.807) is 22.7 Å². The van der Waals surface area contributed by atoms with Gasteiger partial charge in [-0.3, -0.25) is 14.3 Å². The lowest BCUT2D eigenvalue weighted by Crippen LogP contribution is -2.33. The molecule has 2 aliphatic rings. The lowest BCUT2D eigenvalue weighted by atomic mass is 9.99. The molecule has 0 bridgehead atoms. The summed E-state index contributed by atoms with van der Waals surface area (Å²) < 4.78 is 7.19. The molecular weight excluding hydrogens is 332 g/mol. The smallest absolute Gasteiger partial charge is 0.254 e. The van der Waals surface area contributed by atoms with Gasteiger partial charge in [0.05, 0.1) is 12.3 Å². The van der Waals surface area contributed by atoms with E-state index >= 15 is 0 Å². The van der Waals surface area contributed by atoms with Crippen molar-refractivity contribution in [3.63, 3.8) is 0 Å². The largest absolute Gasteiger partial charge is 0.381 e. The van der Waals surface area contributed by atoms with Crippen molar-refractivity contribution in [3.05, 3.63) is 47.2 Å². The lowest BCUT2D eigenvalue weighted by Gasteiger charge is -2.19. The van der Waals surface area contributed by atoms with E-state index in [1.807, 2.05) is 24.3 Å². The fraction of sp³-hybridized carbons (Fsp3) is 0.421. The summed E-state index contributed by atoms with van der Waals surface area (Å²) >= 11 is 0. The van der Waals surface area contributed by atoms with Crippen LogP contribution in [0, 0.1) is 0 Å². The molecule has 0 aliphatic carbocycles. The molecule has 7 nitrogen and oxygen atoms in total. The fourth-order valence-electron chi connectivity index (χ4n) is 3.58. The van der Waals surface area contributed by atoms with E-state index in [4.69, 9.17) is 4.74 Å². The number of amides is 2. The van der Waals surface area contributed by atoms with Gasteiger partial charge in [0.25, 0.3) is 5.91 Å². The van der Waals surface area contributed by atoms with E-state index in [0.29, 0.717) is 24.5 Å². The third-order valence-electron chi connectivity index (χ3n) is 4.98. The van der Waals surface area contributed by atoms with Crippen LogP contribution < -0.4 is 5.32 Å². The highest BCUT2D eigenvalue weighted by molar-refractivity contribution is 6.01. The first-order chi connectivity index (χ1) is 12.6. The molecule has 1 unspecified atom stereocenters. The van der Waals surface area contributed by atoms with Crippen LogP contribution in [0.3, 0.4) is 0 Å². The minimum atomic E-state index is -0.222. The summed E-state index contributed by atoms with van der Waals surface area (Å²) in [5.74, 6) is 0.594. The van der Waals surface area contributed by atoms with E-state index in [1.165, 1.54) is 0 Å². The van der Waals surface area contributed by atoms with Gasteiger partial charge in [-0.25, -0.2) is 0 Å². The lowest BCUT2D eigenvalue weighted by molar-refractivity contribution is -0.117. The maximum absolute atomic E-state index is 12.4. The second kappa shape index (κ2) is 6.92. The first-order valence-electron chi connectivity index (χ1n) is 8.90. The Bertz CT molecular complexity index is 839. The van der Waals surface area contributed by atoms with E-state index in [2.05, 4.69) is 10.4 Å². The van der Waals surface area contributed by atoms with Crippen LogP contribution in [0.5, 0.6) is 0 Å². The third kappa shape index (κ3) is 3.22. The number of carbonyl (C=O) groups is 2. The minimum absolute atomic E-state index is 0.0283. The van der Waals surface area contributed by atoms with Crippen molar-refractivity contribution in [2.24, 2.45) is 7.05 Å². The van der Waals surface area contributed by atoms with Crippen LogP contribution in [0.25, 0.3) is 0 Å².